The Morgan fingerprint density at radius 1 is 0.667 bits per heavy atom. The van der Waals surface area contributed by atoms with E-state index in [1.165, 1.54) is 0 Å². The van der Waals surface area contributed by atoms with Crippen molar-refractivity contribution in [3.63, 3.8) is 0 Å². The van der Waals surface area contributed by atoms with Crippen LogP contribution in [0.2, 0.25) is 0 Å². The Hall–Kier alpha value is -0.0231. The van der Waals surface area contributed by atoms with Crippen molar-refractivity contribution in [1.82, 2.24) is 14.7 Å². The average Bonchev–Trinajstić information content (AvgIpc) is 2.48. The van der Waals surface area contributed by atoms with Crippen molar-refractivity contribution in [3.8, 4) is 0 Å². The van der Waals surface area contributed by atoms with Gasteiger partial charge in [-0.2, -0.15) is 0 Å². The molecule has 146 valence electrons. The Balaban J connectivity index is 5.72. The Kier molecular flexibility index (Phi) is 12.3. The third-order valence-corrected chi connectivity index (χ3v) is 7.10. The van der Waals surface area contributed by atoms with Crippen molar-refractivity contribution < 1.29 is 13.3 Å². The predicted octanol–water partition coefficient (Wildman–Crippen LogP) is 2.47. The molecule has 0 spiro atoms. The first-order chi connectivity index (χ1) is 11.3. The maximum atomic E-state index is 6.11. The Labute approximate surface area is 151 Å². The van der Waals surface area contributed by atoms with Gasteiger partial charge in [0.2, 0.25) is 0 Å². The van der Waals surface area contributed by atoms with E-state index < -0.39 is 8.80 Å². The van der Waals surface area contributed by atoms with E-state index in [1.807, 2.05) is 20.8 Å². The van der Waals surface area contributed by atoms with E-state index in [4.69, 9.17) is 13.3 Å². The second-order valence-electron chi connectivity index (χ2n) is 6.36. The van der Waals surface area contributed by atoms with Crippen molar-refractivity contribution in [3.05, 3.63) is 0 Å². The predicted molar refractivity (Wildman–Crippen MR) is 103 cm³/mol. The minimum absolute atomic E-state index is 0.311. The van der Waals surface area contributed by atoms with Gasteiger partial charge in [-0.15, -0.1) is 0 Å². The van der Waals surface area contributed by atoms with Gasteiger partial charge in [0.25, 0.3) is 0 Å². The summed E-state index contributed by atoms with van der Waals surface area (Å²) < 4.78 is 18.3. The number of rotatable bonds is 14. The van der Waals surface area contributed by atoms with E-state index in [1.54, 1.807) is 0 Å². The van der Waals surface area contributed by atoms with Crippen LogP contribution < -0.4 is 0 Å². The molecule has 24 heavy (non-hydrogen) atoms. The molecule has 0 rings (SSSR count). The Morgan fingerprint density at radius 2 is 1.00 bits per heavy atom. The average molecular weight is 364 g/mol. The lowest BCUT2D eigenvalue weighted by Crippen LogP contribution is -2.63. The van der Waals surface area contributed by atoms with Crippen LogP contribution in [0.4, 0.5) is 0 Å². The third kappa shape index (κ3) is 7.07. The summed E-state index contributed by atoms with van der Waals surface area (Å²) >= 11 is 0. The fourth-order valence-electron chi connectivity index (χ4n) is 3.35. The van der Waals surface area contributed by atoms with Gasteiger partial charge >= 0.3 is 8.80 Å². The van der Waals surface area contributed by atoms with Crippen LogP contribution in [0.5, 0.6) is 0 Å². The van der Waals surface area contributed by atoms with Crippen molar-refractivity contribution >= 4 is 8.80 Å². The summed E-state index contributed by atoms with van der Waals surface area (Å²) in [6.45, 7) is 12.3. The molecule has 0 aromatic rings. The highest BCUT2D eigenvalue weighted by atomic mass is 28.4. The first-order valence-electron chi connectivity index (χ1n) is 9.32. The Bertz CT molecular complexity index is 286. The molecule has 0 aromatic heterocycles. The second kappa shape index (κ2) is 12.3. The van der Waals surface area contributed by atoms with Crippen molar-refractivity contribution in [2.75, 3.05) is 54.2 Å². The molecule has 0 aliphatic carbocycles. The molecular formula is C17H41N3O3Si. The van der Waals surface area contributed by atoms with Crippen molar-refractivity contribution in [1.29, 1.82) is 0 Å². The zero-order chi connectivity index (χ0) is 18.8. The summed E-state index contributed by atoms with van der Waals surface area (Å²) in [7, 11) is 5.80. The summed E-state index contributed by atoms with van der Waals surface area (Å²) in [4.78, 5) is 7.04. The van der Waals surface area contributed by atoms with Crippen LogP contribution in [0.15, 0.2) is 0 Å². The summed E-state index contributed by atoms with van der Waals surface area (Å²) in [5.74, 6) is 0. The zero-order valence-electron chi connectivity index (χ0n) is 17.5. The molecule has 0 amide bonds. The lowest BCUT2D eigenvalue weighted by Gasteiger charge is -2.45. The molecule has 0 fully saturated rings. The SMILES string of the molecule is CCO[Si](CN(C(CC)N(C)C)C(CC)N(C)C)(OCC)OCC. The molecule has 0 aliphatic rings. The van der Waals surface area contributed by atoms with Crippen LogP contribution in [0.3, 0.4) is 0 Å². The van der Waals surface area contributed by atoms with Gasteiger partial charge in [-0.3, -0.25) is 14.7 Å². The third-order valence-electron chi connectivity index (χ3n) is 4.16. The molecule has 0 saturated heterocycles. The molecule has 0 bridgehead atoms. The van der Waals surface area contributed by atoms with Gasteiger partial charge in [0.1, 0.15) is 0 Å². The van der Waals surface area contributed by atoms with E-state index in [-0.39, 0.29) is 0 Å². The summed E-state index contributed by atoms with van der Waals surface area (Å²) in [6, 6.07) is 0. The van der Waals surface area contributed by atoms with Gasteiger partial charge in [-0.1, -0.05) is 13.8 Å². The van der Waals surface area contributed by atoms with Gasteiger partial charge in [-0.25, -0.2) is 0 Å². The van der Waals surface area contributed by atoms with Gasteiger partial charge in [-0.05, 0) is 61.8 Å². The largest absolute Gasteiger partial charge is 0.515 e. The second-order valence-corrected chi connectivity index (χ2v) is 8.91. The molecule has 0 heterocycles. The maximum absolute atomic E-state index is 6.11. The van der Waals surface area contributed by atoms with E-state index >= 15 is 0 Å². The molecule has 0 N–H and O–H groups in total. The van der Waals surface area contributed by atoms with E-state index in [0.717, 1.165) is 12.8 Å². The van der Waals surface area contributed by atoms with E-state index in [2.05, 4.69) is 56.7 Å². The van der Waals surface area contributed by atoms with Crippen molar-refractivity contribution in [2.45, 2.75) is 59.8 Å². The molecular weight excluding hydrogens is 322 g/mol. The zero-order valence-corrected chi connectivity index (χ0v) is 18.5. The molecule has 0 radical (unpaired) electrons. The summed E-state index contributed by atoms with van der Waals surface area (Å²) in [6.07, 6.45) is 3.39. The molecule has 7 heteroatoms. The molecule has 2 unspecified atom stereocenters. The van der Waals surface area contributed by atoms with Crippen LogP contribution in [0, 0.1) is 0 Å². The number of nitrogens with zero attached hydrogens (tertiary/aromatic N) is 3. The lowest BCUT2D eigenvalue weighted by molar-refractivity contribution is -0.0311. The molecule has 0 aromatic carbocycles. The van der Waals surface area contributed by atoms with Crippen LogP contribution in [-0.2, 0) is 13.3 Å². The van der Waals surface area contributed by atoms with E-state index in [0.29, 0.717) is 38.3 Å². The molecule has 2 atom stereocenters. The number of hydrogen-bond donors (Lipinski definition) is 0. The smallest absolute Gasteiger partial charge is 0.373 e. The molecule has 0 saturated carbocycles. The van der Waals surface area contributed by atoms with Gasteiger partial charge in [0.05, 0.1) is 18.5 Å². The van der Waals surface area contributed by atoms with Crippen LogP contribution in [0.1, 0.15) is 47.5 Å². The topological polar surface area (TPSA) is 37.4 Å². The fraction of sp³-hybridized carbons (Fsp3) is 1.00. The van der Waals surface area contributed by atoms with Crippen molar-refractivity contribution in [2.24, 2.45) is 0 Å². The first kappa shape index (κ1) is 24.0. The van der Waals surface area contributed by atoms with Gasteiger partial charge in [0, 0.05) is 19.8 Å². The minimum atomic E-state index is -2.74. The quantitative estimate of drug-likeness (QED) is 0.349. The Morgan fingerprint density at radius 3 is 1.21 bits per heavy atom. The number of hydrogen-bond acceptors (Lipinski definition) is 6. The van der Waals surface area contributed by atoms with Crippen LogP contribution >= 0.6 is 0 Å². The summed E-state index contributed by atoms with van der Waals surface area (Å²) in [5, 5.41) is 0. The fourth-order valence-corrected chi connectivity index (χ4v) is 6.06. The summed E-state index contributed by atoms with van der Waals surface area (Å²) in [5.41, 5.74) is 0. The van der Waals surface area contributed by atoms with Crippen LogP contribution in [-0.4, -0.2) is 90.0 Å². The maximum Gasteiger partial charge on any atom is 0.515 e. The standard InChI is InChI=1S/C17H41N3O3Si/c1-10-16(18(6)7)20(17(11-2)19(8)9)15-24(21-12-3,22-13-4)23-14-5/h16-17H,10-15H2,1-9H3. The lowest BCUT2D eigenvalue weighted by atomic mass is 10.2. The van der Waals surface area contributed by atoms with Crippen LogP contribution in [0.25, 0.3) is 0 Å². The van der Waals surface area contributed by atoms with Gasteiger partial charge in [0.15, 0.2) is 0 Å². The first-order valence-corrected chi connectivity index (χ1v) is 11.3. The molecule has 0 aliphatic heterocycles. The monoisotopic (exact) mass is 363 g/mol. The highest BCUT2D eigenvalue weighted by Crippen LogP contribution is 2.21. The minimum Gasteiger partial charge on any atom is -0.373 e. The highest BCUT2D eigenvalue weighted by Gasteiger charge is 2.45. The highest BCUT2D eigenvalue weighted by molar-refractivity contribution is 6.60. The molecule has 6 nitrogen and oxygen atoms in total. The normalized spacial score (nSPS) is 15.5. The van der Waals surface area contributed by atoms with E-state index in [9.17, 15) is 0 Å². The van der Waals surface area contributed by atoms with Gasteiger partial charge < -0.3 is 13.3 Å².